The van der Waals surface area contributed by atoms with E-state index in [1.807, 2.05) is 0 Å². The Balaban J connectivity index is 1.60. The van der Waals surface area contributed by atoms with Crippen LogP contribution < -0.4 is 16.0 Å². The molecule has 1 aromatic heterocycles. The Morgan fingerprint density at radius 2 is 1.74 bits per heavy atom. The number of nitrogens with one attached hydrogen (secondary N) is 3. The number of hydrogen-bond acceptors (Lipinski definition) is 4. The lowest BCUT2D eigenvalue weighted by atomic mass is 10.0. The van der Waals surface area contributed by atoms with Gasteiger partial charge in [-0.15, -0.1) is 0 Å². The van der Waals surface area contributed by atoms with Crippen molar-refractivity contribution in [1.82, 2.24) is 20.4 Å². The number of nitrogens with zero attached hydrogens (tertiary/aromatic N) is 2. The topological polar surface area (TPSA) is 105 Å². The van der Waals surface area contributed by atoms with Crippen molar-refractivity contribution in [3.63, 3.8) is 0 Å². The summed E-state index contributed by atoms with van der Waals surface area (Å²) in [4.78, 5) is 37.3. The van der Waals surface area contributed by atoms with Crippen LogP contribution in [0.1, 0.15) is 29.8 Å². The van der Waals surface area contributed by atoms with Gasteiger partial charge in [-0.1, -0.05) is 32.0 Å². The third kappa shape index (κ3) is 6.47. The molecular weight excluding hydrogens is 444 g/mol. The van der Waals surface area contributed by atoms with Crippen LogP contribution in [-0.4, -0.2) is 33.5 Å². The molecule has 3 amide bonds. The highest BCUT2D eigenvalue weighted by Crippen LogP contribution is 2.14. The van der Waals surface area contributed by atoms with Gasteiger partial charge < -0.3 is 16.0 Å². The molecule has 0 aliphatic heterocycles. The van der Waals surface area contributed by atoms with E-state index in [-0.39, 0.29) is 24.9 Å². The number of anilines is 1. The Kier molecular flexibility index (Phi) is 8.07. The average Bonchev–Trinajstić information content (AvgIpc) is 3.28. The van der Waals surface area contributed by atoms with Gasteiger partial charge in [0.1, 0.15) is 29.8 Å². The summed E-state index contributed by atoms with van der Waals surface area (Å²) in [6, 6.07) is 10.7. The first-order chi connectivity index (χ1) is 16.2. The van der Waals surface area contributed by atoms with Crippen LogP contribution in [0.15, 0.2) is 60.9 Å². The molecule has 8 nitrogen and oxygen atoms in total. The SMILES string of the molecule is CC(C)C(NC(=O)c1c(F)cccc1F)C(=O)NCc1cccc(NC(=O)Cn2cccn2)c1. The first-order valence-corrected chi connectivity index (χ1v) is 10.6. The van der Waals surface area contributed by atoms with E-state index in [0.29, 0.717) is 11.3 Å². The minimum absolute atomic E-state index is 0.0618. The number of carbonyl (C=O) groups excluding carboxylic acids is 3. The van der Waals surface area contributed by atoms with Gasteiger partial charge in [0.25, 0.3) is 5.91 Å². The van der Waals surface area contributed by atoms with Crippen LogP contribution in [0.4, 0.5) is 14.5 Å². The number of amides is 3. The lowest BCUT2D eigenvalue weighted by Gasteiger charge is -2.22. The van der Waals surface area contributed by atoms with E-state index in [1.165, 1.54) is 4.68 Å². The maximum Gasteiger partial charge on any atom is 0.257 e. The summed E-state index contributed by atoms with van der Waals surface area (Å²) in [7, 11) is 0. The molecule has 10 heteroatoms. The fraction of sp³-hybridized carbons (Fsp3) is 0.250. The highest BCUT2D eigenvalue weighted by atomic mass is 19.1. The maximum absolute atomic E-state index is 13.9. The molecule has 3 aromatic rings. The molecular formula is C24H25F2N5O3. The average molecular weight is 469 g/mol. The fourth-order valence-electron chi connectivity index (χ4n) is 3.26. The maximum atomic E-state index is 13.9. The molecule has 3 rings (SSSR count). The molecule has 0 fully saturated rings. The van der Waals surface area contributed by atoms with Crippen LogP contribution in [0.25, 0.3) is 0 Å². The molecule has 0 saturated carbocycles. The lowest BCUT2D eigenvalue weighted by Crippen LogP contribution is -2.49. The molecule has 1 atom stereocenters. The van der Waals surface area contributed by atoms with Gasteiger partial charge in [0.05, 0.1) is 0 Å². The van der Waals surface area contributed by atoms with E-state index >= 15 is 0 Å². The van der Waals surface area contributed by atoms with Crippen molar-refractivity contribution in [3.05, 3.63) is 83.7 Å². The van der Waals surface area contributed by atoms with Gasteiger partial charge in [-0.25, -0.2) is 8.78 Å². The Bertz CT molecular complexity index is 1140. The zero-order valence-electron chi connectivity index (χ0n) is 18.7. The second-order valence-corrected chi connectivity index (χ2v) is 7.96. The lowest BCUT2D eigenvalue weighted by molar-refractivity contribution is -0.124. The van der Waals surface area contributed by atoms with Crippen LogP contribution in [0.2, 0.25) is 0 Å². The Morgan fingerprint density at radius 1 is 1.03 bits per heavy atom. The van der Waals surface area contributed by atoms with Crippen molar-refractivity contribution >= 4 is 23.4 Å². The monoisotopic (exact) mass is 469 g/mol. The van der Waals surface area contributed by atoms with Gasteiger partial charge in [-0.3, -0.25) is 19.1 Å². The van der Waals surface area contributed by atoms with Crippen molar-refractivity contribution in [1.29, 1.82) is 0 Å². The van der Waals surface area contributed by atoms with Gasteiger partial charge in [0.2, 0.25) is 11.8 Å². The standard InChI is InChI=1S/C24H25F2N5O3/c1-15(2)22(30-23(33)21-18(25)8-4-9-19(21)26)24(34)27-13-16-6-3-7-17(12-16)29-20(32)14-31-11-5-10-28-31/h3-12,15,22H,13-14H2,1-2H3,(H,27,34)(H,29,32)(H,30,33). The third-order valence-corrected chi connectivity index (χ3v) is 4.97. The highest BCUT2D eigenvalue weighted by Gasteiger charge is 2.27. The van der Waals surface area contributed by atoms with E-state index in [1.54, 1.807) is 56.6 Å². The van der Waals surface area contributed by atoms with Gasteiger partial charge >= 0.3 is 0 Å². The second kappa shape index (κ2) is 11.2. The highest BCUT2D eigenvalue weighted by molar-refractivity contribution is 5.98. The normalized spacial score (nSPS) is 11.7. The number of carbonyl (C=O) groups is 3. The first kappa shape index (κ1) is 24.6. The summed E-state index contributed by atoms with van der Waals surface area (Å²) in [6.07, 6.45) is 3.26. The number of benzene rings is 2. The molecule has 0 spiro atoms. The molecule has 3 N–H and O–H groups in total. The van der Waals surface area contributed by atoms with Crippen LogP contribution in [0.5, 0.6) is 0 Å². The van der Waals surface area contributed by atoms with Crippen LogP contribution in [0.3, 0.4) is 0 Å². The predicted molar refractivity (Wildman–Crippen MR) is 122 cm³/mol. The van der Waals surface area contributed by atoms with E-state index in [4.69, 9.17) is 0 Å². The van der Waals surface area contributed by atoms with E-state index in [9.17, 15) is 23.2 Å². The number of hydrogen-bond donors (Lipinski definition) is 3. The van der Waals surface area contributed by atoms with E-state index in [0.717, 1.165) is 18.2 Å². The summed E-state index contributed by atoms with van der Waals surface area (Å²) < 4.78 is 29.3. The number of halogens is 2. The van der Waals surface area contributed by atoms with E-state index in [2.05, 4.69) is 21.0 Å². The van der Waals surface area contributed by atoms with Gasteiger partial charge in [0, 0.05) is 24.6 Å². The van der Waals surface area contributed by atoms with Crippen LogP contribution in [-0.2, 0) is 22.7 Å². The molecule has 2 aromatic carbocycles. The molecule has 1 unspecified atom stereocenters. The molecule has 0 bridgehead atoms. The number of aromatic nitrogens is 2. The fourth-order valence-corrected chi connectivity index (χ4v) is 3.26. The molecule has 1 heterocycles. The Hall–Kier alpha value is -4.08. The van der Waals surface area contributed by atoms with Crippen LogP contribution in [0, 0.1) is 17.6 Å². The minimum Gasteiger partial charge on any atom is -0.350 e. The third-order valence-electron chi connectivity index (χ3n) is 4.97. The molecule has 178 valence electrons. The Labute approximate surface area is 195 Å². The van der Waals surface area contributed by atoms with Crippen molar-refractivity contribution in [2.24, 2.45) is 5.92 Å². The summed E-state index contributed by atoms with van der Waals surface area (Å²) in [5, 5.41) is 11.9. The van der Waals surface area contributed by atoms with Gasteiger partial charge in [-0.2, -0.15) is 5.10 Å². The van der Waals surface area contributed by atoms with Gasteiger partial charge in [0.15, 0.2) is 0 Å². The van der Waals surface area contributed by atoms with E-state index < -0.39 is 35.1 Å². The van der Waals surface area contributed by atoms with Crippen molar-refractivity contribution < 1.29 is 23.2 Å². The van der Waals surface area contributed by atoms with Crippen molar-refractivity contribution in [2.75, 3.05) is 5.32 Å². The second-order valence-electron chi connectivity index (χ2n) is 7.96. The zero-order chi connectivity index (χ0) is 24.7. The first-order valence-electron chi connectivity index (χ1n) is 10.6. The summed E-state index contributed by atoms with van der Waals surface area (Å²) in [6.45, 7) is 3.59. The van der Waals surface area contributed by atoms with Gasteiger partial charge in [-0.05, 0) is 41.8 Å². The van der Waals surface area contributed by atoms with Crippen LogP contribution >= 0.6 is 0 Å². The summed E-state index contributed by atoms with van der Waals surface area (Å²) in [5.41, 5.74) is 0.520. The Morgan fingerprint density at radius 3 is 2.38 bits per heavy atom. The summed E-state index contributed by atoms with van der Waals surface area (Å²) in [5.74, 6) is -4.13. The minimum atomic E-state index is -1.01. The number of rotatable bonds is 9. The smallest absolute Gasteiger partial charge is 0.257 e. The predicted octanol–water partition coefficient (Wildman–Crippen LogP) is 2.87. The molecule has 0 saturated heterocycles. The zero-order valence-corrected chi connectivity index (χ0v) is 18.7. The van der Waals surface area contributed by atoms with Crippen molar-refractivity contribution in [2.45, 2.75) is 33.0 Å². The molecule has 34 heavy (non-hydrogen) atoms. The molecule has 0 aliphatic rings. The summed E-state index contributed by atoms with van der Waals surface area (Å²) >= 11 is 0. The molecule has 0 aliphatic carbocycles. The van der Waals surface area contributed by atoms with Crippen molar-refractivity contribution in [3.8, 4) is 0 Å². The quantitative estimate of drug-likeness (QED) is 0.448. The molecule has 0 radical (unpaired) electrons. The largest absolute Gasteiger partial charge is 0.350 e.